The van der Waals surface area contributed by atoms with Gasteiger partial charge in [-0.25, -0.2) is 19.3 Å². The molecule has 6 aromatic rings. The molecule has 2 aromatic carbocycles. The zero-order valence-corrected chi connectivity index (χ0v) is 18.7. The molecule has 162 valence electrons. The maximum atomic E-state index is 6.38. The third kappa shape index (κ3) is 3.02. The van der Waals surface area contributed by atoms with Gasteiger partial charge in [-0.15, -0.1) is 0 Å². The molecule has 8 nitrogen and oxygen atoms in total. The Hall–Kier alpha value is -4.04. The van der Waals surface area contributed by atoms with Gasteiger partial charge in [0.15, 0.2) is 5.65 Å². The third-order valence-corrected chi connectivity index (χ3v) is 6.20. The summed E-state index contributed by atoms with van der Waals surface area (Å²) in [6.45, 7) is 3.96. The maximum absolute atomic E-state index is 6.38. The van der Waals surface area contributed by atoms with Gasteiger partial charge in [0.1, 0.15) is 12.1 Å². The highest BCUT2D eigenvalue weighted by Crippen LogP contribution is 2.33. The van der Waals surface area contributed by atoms with Crippen molar-refractivity contribution in [3.05, 3.63) is 77.5 Å². The first-order valence-corrected chi connectivity index (χ1v) is 10.9. The van der Waals surface area contributed by atoms with Crippen molar-refractivity contribution >= 4 is 50.3 Å². The van der Waals surface area contributed by atoms with Crippen molar-refractivity contribution in [1.82, 2.24) is 34.5 Å². The summed E-state index contributed by atoms with van der Waals surface area (Å²) in [5, 5.41) is 13.2. The molecule has 1 unspecified atom stereocenters. The van der Waals surface area contributed by atoms with Crippen molar-refractivity contribution in [1.29, 1.82) is 0 Å². The van der Waals surface area contributed by atoms with E-state index in [9.17, 15) is 0 Å². The minimum Gasteiger partial charge on any atom is -0.383 e. The fourth-order valence-electron chi connectivity index (χ4n) is 4.36. The fraction of sp³-hybridized carbons (Fsp3) is 0.125. The Bertz CT molecular complexity index is 1680. The SMILES string of the molecule is Cc1nn(C(C)c2nn(-c3ccc4cccnc4c3)c3cc(Cl)ccc23)c2ncnc(N)c12. The summed E-state index contributed by atoms with van der Waals surface area (Å²) in [6.07, 6.45) is 3.25. The summed E-state index contributed by atoms with van der Waals surface area (Å²) in [4.78, 5) is 13.1. The average Bonchev–Trinajstić information content (AvgIpc) is 3.37. The molecular weight excluding hydrogens is 436 g/mol. The molecule has 0 radical (unpaired) electrons. The Morgan fingerprint density at radius 1 is 1.00 bits per heavy atom. The van der Waals surface area contributed by atoms with Crippen LogP contribution in [-0.2, 0) is 0 Å². The van der Waals surface area contributed by atoms with Crippen LogP contribution in [-0.4, -0.2) is 34.5 Å². The van der Waals surface area contributed by atoms with E-state index in [1.807, 2.05) is 71.7 Å². The first-order valence-electron chi connectivity index (χ1n) is 10.5. The quantitative estimate of drug-likeness (QED) is 0.409. The number of nitrogens with two attached hydrogens (primary N) is 1. The number of rotatable bonds is 3. The van der Waals surface area contributed by atoms with Gasteiger partial charge in [0.25, 0.3) is 0 Å². The van der Waals surface area contributed by atoms with Crippen LogP contribution in [0.5, 0.6) is 0 Å². The molecule has 0 saturated heterocycles. The summed E-state index contributed by atoms with van der Waals surface area (Å²) < 4.78 is 3.76. The number of halogens is 1. The van der Waals surface area contributed by atoms with Crippen LogP contribution in [0.4, 0.5) is 5.82 Å². The molecule has 0 amide bonds. The topological polar surface area (TPSA) is 100 Å². The summed E-state index contributed by atoms with van der Waals surface area (Å²) >= 11 is 6.38. The summed E-state index contributed by atoms with van der Waals surface area (Å²) in [6, 6.07) is 15.7. The van der Waals surface area contributed by atoms with Gasteiger partial charge >= 0.3 is 0 Å². The van der Waals surface area contributed by atoms with Gasteiger partial charge in [0, 0.05) is 22.0 Å². The van der Waals surface area contributed by atoms with E-state index in [0.717, 1.165) is 44.3 Å². The second-order valence-corrected chi connectivity index (χ2v) is 8.44. The lowest BCUT2D eigenvalue weighted by atomic mass is 10.1. The molecule has 0 bridgehead atoms. The van der Waals surface area contributed by atoms with E-state index in [4.69, 9.17) is 27.5 Å². The lowest BCUT2D eigenvalue weighted by molar-refractivity contribution is 0.559. The number of pyridine rings is 1. The first kappa shape index (κ1) is 19.6. The Morgan fingerprint density at radius 2 is 1.88 bits per heavy atom. The Balaban J connectivity index is 1.58. The number of nitrogens with zero attached hydrogens (tertiary/aromatic N) is 7. The van der Waals surface area contributed by atoms with Crippen LogP contribution < -0.4 is 5.73 Å². The number of nitrogen functional groups attached to an aromatic ring is 1. The molecule has 0 fully saturated rings. The van der Waals surface area contributed by atoms with E-state index in [1.54, 1.807) is 6.20 Å². The van der Waals surface area contributed by atoms with E-state index in [1.165, 1.54) is 6.33 Å². The Labute approximate surface area is 193 Å². The van der Waals surface area contributed by atoms with Gasteiger partial charge in [0.05, 0.1) is 39.5 Å². The Kier molecular flexibility index (Phi) is 4.31. The predicted molar refractivity (Wildman–Crippen MR) is 130 cm³/mol. The molecule has 0 saturated carbocycles. The Morgan fingerprint density at radius 3 is 2.76 bits per heavy atom. The van der Waals surface area contributed by atoms with Crippen LogP contribution in [0.3, 0.4) is 0 Å². The highest BCUT2D eigenvalue weighted by Gasteiger charge is 2.23. The van der Waals surface area contributed by atoms with E-state index in [-0.39, 0.29) is 6.04 Å². The van der Waals surface area contributed by atoms with Crippen LogP contribution in [0.25, 0.3) is 38.5 Å². The zero-order chi connectivity index (χ0) is 22.7. The molecule has 0 aliphatic heterocycles. The summed E-state index contributed by atoms with van der Waals surface area (Å²) in [5.41, 5.74) is 11.1. The molecule has 4 aromatic heterocycles. The monoisotopic (exact) mass is 454 g/mol. The molecule has 0 aliphatic rings. The number of hydrogen-bond acceptors (Lipinski definition) is 6. The number of aromatic nitrogens is 7. The minimum absolute atomic E-state index is 0.209. The zero-order valence-electron chi connectivity index (χ0n) is 17.9. The minimum atomic E-state index is -0.209. The second-order valence-electron chi connectivity index (χ2n) is 8.00. The first-order chi connectivity index (χ1) is 16.0. The highest BCUT2D eigenvalue weighted by atomic mass is 35.5. The van der Waals surface area contributed by atoms with Gasteiger partial charge in [0.2, 0.25) is 0 Å². The van der Waals surface area contributed by atoms with Gasteiger partial charge in [-0.2, -0.15) is 10.2 Å². The van der Waals surface area contributed by atoms with Crippen LogP contribution in [0.15, 0.2) is 61.1 Å². The number of fused-ring (bicyclic) bond motifs is 3. The van der Waals surface area contributed by atoms with Crippen molar-refractivity contribution in [3.63, 3.8) is 0 Å². The van der Waals surface area contributed by atoms with Crippen molar-refractivity contribution in [3.8, 4) is 5.69 Å². The summed E-state index contributed by atoms with van der Waals surface area (Å²) in [5.74, 6) is 0.418. The smallest absolute Gasteiger partial charge is 0.164 e. The van der Waals surface area contributed by atoms with Crippen molar-refractivity contribution in [2.24, 2.45) is 0 Å². The van der Waals surface area contributed by atoms with E-state index in [0.29, 0.717) is 16.5 Å². The van der Waals surface area contributed by atoms with E-state index in [2.05, 4.69) is 15.0 Å². The van der Waals surface area contributed by atoms with Crippen LogP contribution in [0.2, 0.25) is 5.02 Å². The number of benzene rings is 2. The molecule has 2 N–H and O–H groups in total. The standard InChI is InChI=1S/C24H19ClN8/c1-13-21-23(26)28-12-29-24(21)32(30-13)14(2)22-18-8-6-16(25)10-20(18)33(31-22)17-7-5-15-4-3-9-27-19(15)11-17/h3-12,14H,1-2H3,(H2,26,28,29). The maximum Gasteiger partial charge on any atom is 0.164 e. The third-order valence-electron chi connectivity index (χ3n) is 5.96. The van der Waals surface area contributed by atoms with Gasteiger partial charge in [-0.1, -0.05) is 23.7 Å². The second kappa shape index (κ2) is 7.25. The molecular formula is C24H19ClN8. The van der Waals surface area contributed by atoms with Crippen LogP contribution in [0, 0.1) is 6.92 Å². The molecule has 33 heavy (non-hydrogen) atoms. The van der Waals surface area contributed by atoms with Crippen LogP contribution >= 0.6 is 11.6 Å². The van der Waals surface area contributed by atoms with Crippen molar-refractivity contribution in [2.75, 3.05) is 5.73 Å². The number of hydrogen-bond donors (Lipinski definition) is 1. The number of anilines is 1. The largest absolute Gasteiger partial charge is 0.383 e. The molecule has 1 atom stereocenters. The van der Waals surface area contributed by atoms with Crippen LogP contribution in [0.1, 0.15) is 24.4 Å². The molecule has 0 spiro atoms. The van der Waals surface area contributed by atoms with Gasteiger partial charge < -0.3 is 5.73 Å². The van der Waals surface area contributed by atoms with Crippen molar-refractivity contribution < 1.29 is 0 Å². The fourth-order valence-corrected chi connectivity index (χ4v) is 4.53. The lowest BCUT2D eigenvalue weighted by Gasteiger charge is -2.11. The van der Waals surface area contributed by atoms with Gasteiger partial charge in [-0.05, 0) is 50.2 Å². The van der Waals surface area contributed by atoms with Gasteiger partial charge in [-0.3, -0.25) is 4.98 Å². The van der Waals surface area contributed by atoms with E-state index >= 15 is 0 Å². The molecule has 4 heterocycles. The molecule has 6 rings (SSSR count). The highest BCUT2D eigenvalue weighted by molar-refractivity contribution is 6.31. The predicted octanol–water partition coefficient (Wildman–Crippen LogP) is 4.87. The average molecular weight is 455 g/mol. The lowest BCUT2D eigenvalue weighted by Crippen LogP contribution is -2.11. The molecule has 9 heteroatoms. The van der Waals surface area contributed by atoms with E-state index < -0.39 is 0 Å². The van der Waals surface area contributed by atoms with Crippen molar-refractivity contribution in [2.45, 2.75) is 19.9 Å². The summed E-state index contributed by atoms with van der Waals surface area (Å²) in [7, 11) is 0. The number of aryl methyl sites for hydroxylation is 1. The normalized spacial score (nSPS) is 12.7. The molecule has 0 aliphatic carbocycles.